The average Bonchev–Trinajstić information content (AvgIpc) is 3.60. The first-order valence-electron chi connectivity index (χ1n) is 17.7. The first-order chi connectivity index (χ1) is 23.9. The van der Waals surface area contributed by atoms with Crippen LogP contribution in [-0.2, 0) is 10.8 Å². The van der Waals surface area contributed by atoms with Gasteiger partial charge in [0.15, 0.2) is 0 Å². The molecule has 10 rings (SSSR count). The van der Waals surface area contributed by atoms with Crippen molar-refractivity contribution in [2.24, 2.45) is 0 Å². The summed E-state index contributed by atoms with van der Waals surface area (Å²) in [6.07, 6.45) is 0. The molecule has 0 atom stereocenters. The monoisotopic (exact) mass is 766 g/mol. The molecule has 0 radical (unpaired) electrons. The van der Waals surface area contributed by atoms with E-state index in [1.807, 2.05) is 0 Å². The number of hydrogen-bond donors (Lipinski definition) is 0. The molecule has 0 aliphatic heterocycles. The third-order valence-electron chi connectivity index (χ3n) is 11.1. The molecular formula is C46H40N2OTe. The van der Waals surface area contributed by atoms with E-state index in [4.69, 9.17) is 4.42 Å². The molecule has 0 aliphatic carbocycles. The van der Waals surface area contributed by atoms with Crippen LogP contribution in [0.4, 0.5) is 0 Å². The molecule has 0 amide bonds. The Hall–Kier alpha value is -4.49. The van der Waals surface area contributed by atoms with E-state index in [0.717, 1.165) is 16.7 Å². The standard InChI is InChI=1S/C46H40N2OTe/c1-25-12-11-13-26(2)38(25)27-16-19-34-36(22-27)49-43-39-30-23-28(45(3,4)5)17-20-32(30)48-35-14-9-10-15-37(35)50-44(42(39)48)40-31-24-29(46(6,7)8)18-21-33(31)47(34)41(40)43/h9-24H,1-8H3. The van der Waals surface area contributed by atoms with Crippen molar-refractivity contribution in [2.75, 3.05) is 0 Å². The van der Waals surface area contributed by atoms with Gasteiger partial charge in [0, 0.05) is 0 Å². The van der Waals surface area contributed by atoms with Gasteiger partial charge in [0.05, 0.1) is 0 Å². The van der Waals surface area contributed by atoms with Crippen molar-refractivity contribution < 1.29 is 4.42 Å². The number of aryl methyl sites for hydroxylation is 2. The molecule has 3 nitrogen and oxygen atoms in total. The molecule has 0 fully saturated rings. The van der Waals surface area contributed by atoms with Crippen LogP contribution in [-0.4, -0.2) is 29.2 Å². The number of fused-ring (bicyclic) bond motifs is 12. The minimum atomic E-state index is -0.730. The minimum absolute atomic E-state index is 0.0189. The quantitative estimate of drug-likeness (QED) is 0.121. The Morgan fingerprint density at radius 2 is 1.16 bits per heavy atom. The van der Waals surface area contributed by atoms with E-state index in [9.17, 15) is 0 Å². The first kappa shape index (κ1) is 30.3. The van der Waals surface area contributed by atoms with Crippen LogP contribution >= 0.6 is 0 Å². The van der Waals surface area contributed by atoms with Gasteiger partial charge in [0.1, 0.15) is 0 Å². The van der Waals surface area contributed by atoms with Crippen molar-refractivity contribution in [3.63, 3.8) is 0 Å². The molecule has 0 unspecified atom stereocenters. The molecule has 4 aromatic heterocycles. The fourth-order valence-corrected chi connectivity index (χ4v) is 12.0. The molecule has 4 heterocycles. The van der Waals surface area contributed by atoms with E-state index >= 15 is 0 Å². The van der Waals surface area contributed by atoms with Crippen LogP contribution in [0.5, 0.6) is 0 Å². The van der Waals surface area contributed by atoms with Gasteiger partial charge in [-0.25, -0.2) is 0 Å². The molecule has 0 saturated carbocycles. The second-order valence-electron chi connectivity index (χ2n) is 16.4. The van der Waals surface area contributed by atoms with Crippen molar-refractivity contribution in [3.05, 3.63) is 119 Å². The Kier molecular flexibility index (Phi) is 6.11. The van der Waals surface area contributed by atoms with Crippen LogP contribution in [0, 0.1) is 13.8 Å². The predicted molar refractivity (Wildman–Crippen MR) is 215 cm³/mol. The molecule has 4 heteroatoms. The fourth-order valence-electron chi connectivity index (χ4n) is 8.50. The topological polar surface area (TPSA) is 22.0 Å². The van der Waals surface area contributed by atoms with Crippen LogP contribution in [0.3, 0.4) is 0 Å². The van der Waals surface area contributed by atoms with E-state index in [-0.39, 0.29) is 10.8 Å². The van der Waals surface area contributed by atoms with Gasteiger partial charge in [-0.3, -0.25) is 0 Å². The third-order valence-corrected chi connectivity index (χ3v) is 14.4. The normalized spacial score (nSPS) is 13.2. The van der Waals surface area contributed by atoms with Gasteiger partial charge < -0.3 is 0 Å². The number of para-hydroxylation sites is 1. The molecule has 10 aromatic rings. The predicted octanol–water partition coefficient (Wildman–Crippen LogP) is 12.6. The Morgan fingerprint density at radius 3 is 1.82 bits per heavy atom. The van der Waals surface area contributed by atoms with E-state index in [1.54, 1.807) is 0 Å². The molecule has 0 saturated heterocycles. The van der Waals surface area contributed by atoms with Gasteiger partial charge >= 0.3 is 303 Å². The molecule has 0 N–H and O–H groups in total. The number of hydrogen-bond acceptors (Lipinski definition) is 1. The Bertz CT molecular complexity index is 3030. The van der Waals surface area contributed by atoms with E-state index < -0.39 is 20.4 Å². The van der Waals surface area contributed by atoms with Gasteiger partial charge in [-0.2, -0.15) is 0 Å². The van der Waals surface area contributed by atoms with Crippen LogP contribution in [0.15, 0.2) is 101 Å². The summed E-state index contributed by atoms with van der Waals surface area (Å²) in [7, 11) is 0. The van der Waals surface area contributed by atoms with Crippen molar-refractivity contribution in [3.8, 4) is 11.1 Å². The van der Waals surface area contributed by atoms with Crippen molar-refractivity contribution in [1.82, 2.24) is 8.80 Å². The third kappa shape index (κ3) is 4.04. The van der Waals surface area contributed by atoms with Crippen LogP contribution in [0.2, 0.25) is 0 Å². The SMILES string of the molecule is Cc1cccc(C)c1-c1ccc2c(c1)oc1c3c4cc(C(C)(C)C)ccc4n4c5ccccc5[te]c(c5c6cc(C(C)(C)C)ccc6n2c15)c34. The summed E-state index contributed by atoms with van der Waals surface area (Å²) in [4.78, 5) is 0. The molecule has 50 heavy (non-hydrogen) atoms. The van der Waals surface area contributed by atoms with Gasteiger partial charge in [-0.1, -0.05) is 0 Å². The molecule has 0 aliphatic rings. The average molecular weight is 764 g/mol. The summed E-state index contributed by atoms with van der Waals surface area (Å²) in [5, 5.41) is 5.22. The second-order valence-corrected chi connectivity index (χ2v) is 19.4. The second kappa shape index (κ2) is 10.1. The van der Waals surface area contributed by atoms with E-state index in [1.165, 1.54) is 89.3 Å². The zero-order valence-electron chi connectivity index (χ0n) is 29.9. The zero-order valence-corrected chi connectivity index (χ0v) is 32.3. The Balaban J connectivity index is 1.51. The molecule has 6 aromatic carbocycles. The van der Waals surface area contributed by atoms with Gasteiger partial charge in [-0.05, 0) is 0 Å². The first-order valence-corrected chi connectivity index (χ1v) is 20.0. The Labute approximate surface area is 301 Å². The number of nitrogens with zero attached hydrogens (tertiary/aromatic N) is 2. The van der Waals surface area contributed by atoms with Gasteiger partial charge in [0.25, 0.3) is 0 Å². The summed E-state index contributed by atoms with van der Waals surface area (Å²) in [5.41, 5.74) is 17.2. The van der Waals surface area contributed by atoms with E-state index in [0.29, 0.717) is 0 Å². The molecule has 0 bridgehead atoms. The number of rotatable bonds is 1. The van der Waals surface area contributed by atoms with Gasteiger partial charge in [-0.15, -0.1) is 0 Å². The summed E-state index contributed by atoms with van der Waals surface area (Å²) < 4.78 is 15.5. The van der Waals surface area contributed by atoms with Crippen LogP contribution < -0.4 is 0 Å². The number of benzene rings is 6. The van der Waals surface area contributed by atoms with Crippen LogP contribution in [0.25, 0.3) is 83.7 Å². The fraction of sp³-hybridized carbons (Fsp3) is 0.217. The Morgan fingerprint density at radius 1 is 0.560 bits per heavy atom. The molecular weight excluding hydrogens is 724 g/mol. The summed E-state index contributed by atoms with van der Waals surface area (Å²) in [6.45, 7) is 18.3. The molecule has 246 valence electrons. The van der Waals surface area contributed by atoms with Crippen LogP contribution in [0.1, 0.15) is 63.8 Å². The summed E-state index contributed by atoms with van der Waals surface area (Å²) in [6, 6.07) is 36.9. The maximum absolute atomic E-state index is 7.37. The number of aromatic nitrogens is 2. The van der Waals surface area contributed by atoms with Gasteiger partial charge in [0.2, 0.25) is 0 Å². The molecule has 0 spiro atoms. The van der Waals surface area contributed by atoms with Crippen molar-refractivity contribution >= 4 is 93.0 Å². The van der Waals surface area contributed by atoms with Crippen molar-refractivity contribution in [2.45, 2.75) is 66.2 Å². The summed E-state index contributed by atoms with van der Waals surface area (Å²) in [5.74, 6) is 0. The zero-order chi connectivity index (χ0) is 34.4. The summed E-state index contributed by atoms with van der Waals surface area (Å²) >= 11 is -0.730. The maximum atomic E-state index is 7.37. The van der Waals surface area contributed by atoms with E-state index in [2.05, 4.69) is 161 Å². The van der Waals surface area contributed by atoms with Crippen molar-refractivity contribution in [1.29, 1.82) is 0 Å².